The predicted octanol–water partition coefficient (Wildman–Crippen LogP) is 1.72. The largest absolute Gasteiger partial charge is 0.391 e. The lowest BCUT2D eigenvalue weighted by molar-refractivity contribution is -0.135. The van der Waals surface area contributed by atoms with Gasteiger partial charge in [0.05, 0.1) is 12.1 Å². The topological polar surface area (TPSA) is 151 Å². The highest BCUT2D eigenvalue weighted by molar-refractivity contribution is 5.92. The number of nitrogens with one attached hydrogen (secondary N) is 3. The number of primary amides is 1. The zero-order chi connectivity index (χ0) is 26.7. The fraction of sp³-hybridized carbons (Fsp3) is 0.840. The van der Waals surface area contributed by atoms with Gasteiger partial charge in [0.25, 0.3) is 0 Å². The molecule has 9 heteroatoms. The van der Waals surface area contributed by atoms with E-state index in [4.69, 9.17) is 5.73 Å². The van der Waals surface area contributed by atoms with Crippen molar-refractivity contribution in [2.24, 2.45) is 35.3 Å². The Morgan fingerprint density at radius 2 is 1.32 bits per heavy atom. The smallest absolute Gasteiger partial charge is 0.243 e. The average molecular weight is 485 g/mol. The van der Waals surface area contributed by atoms with Gasteiger partial charge >= 0.3 is 0 Å². The third-order valence-corrected chi connectivity index (χ3v) is 6.28. The highest BCUT2D eigenvalue weighted by Crippen LogP contribution is 2.22. The van der Waals surface area contributed by atoms with Crippen molar-refractivity contribution in [3.63, 3.8) is 0 Å². The van der Waals surface area contributed by atoms with Gasteiger partial charge in [-0.2, -0.15) is 0 Å². The van der Waals surface area contributed by atoms with Crippen LogP contribution in [0, 0.1) is 29.6 Å². The first-order valence-corrected chi connectivity index (χ1v) is 12.5. The molecular weight excluding hydrogens is 436 g/mol. The number of rotatable bonds is 15. The minimum absolute atomic E-state index is 0.110. The predicted molar refractivity (Wildman–Crippen MR) is 133 cm³/mol. The van der Waals surface area contributed by atoms with Crippen molar-refractivity contribution in [2.45, 2.75) is 106 Å². The molecule has 9 nitrogen and oxygen atoms in total. The van der Waals surface area contributed by atoms with E-state index in [1.807, 2.05) is 55.4 Å². The summed E-state index contributed by atoms with van der Waals surface area (Å²) in [6, 6.07) is -2.16. The number of nitrogens with two attached hydrogens (primary N) is 1. The quantitative estimate of drug-likeness (QED) is 0.240. The summed E-state index contributed by atoms with van der Waals surface area (Å²) in [4.78, 5) is 49.7. The van der Waals surface area contributed by atoms with E-state index in [2.05, 4.69) is 16.0 Å². The molecule has 4 amide bonds. The van der Waals surface area contributed by atoms with E-state index >= 15 is 0 Å². The highest BCUT2D eigenvalue weighted by atomic mass is 16.3. The molecule has 198 valence electrons. The Balaban J connectivity index is 5.56. The maximum atomic E-state index is 13.2. The van der Waals surface area contributed by atoms with Crippen LogP contribution in [0.2, 0.25) is 0 Å². The van der Waals surface area contributed by atoms with Gasteiger partial charge in [-0.1, -0.05) is 61.8 Å². The van der Waals surface area contributed by atoms with Crippen LogP contribution in [0.25, 0.3) is 0 Å². The standard InChI is InChI=1S/C25H48N4O5/c1-10-16(8)22(23(26)32)29-25(34)21(15(6)7)28-24(33)18(14(4)5)12-20(31)19(11-13(2)3)27-17(9)30/h13-16,18-22,31H,10-12H2,1-9H3,(H2,26,32)(H,27,30)(H,28,33)(H,29,34)/t16?,18-,19-,20-,21-,22-/m0/s1. The molecular formula is C25H48N4O5. The van der Waals surface area contributed by atoms with E-state index in [0.29, 0.717) is 12.8 Å². The molecule has 0 aromatic rings. The minimum atomic E-state index is -0.916. The SMILES string of the molecule is CCC(C)[C@H](NC(=O)[C@@H](NC(=O)[C@@H](C[C@H](O)[C@H](CC(C)C)NC(C)=O)C(C)C)C(C)C)C(N)=O. The molecule has 0 spiro atoms. The van der Waals surface area contributed by atoms with Crippen LogP contribution in [0.5, 0.6) is 0 Å². The van der Waals surface area contributed by atoms with Crippen LogP contribution in [0.4, 0.5) is 0 Å². The summed E-state index contributed by atoms with van der Waals surface area (Å²) in [7, 11) is 0. The molecule has 0 fully saturated rings. The van der Waals surface area contributed by atoms with Crippen molar-refractivity contribution in [3.05, 3.63) is 0 Å². The first-order valence-electron chi connectivity index (χ1n) is 12.5. The van der Waals surface area contributed by atoms with E-state index in [1.165, 1.54) is 6.92 Å². The van der Waals surface area contributed by atoms with Crippen LogP contribution in [-0.4, -0.2) is 53.0 Å². The maximum Gasteiger partial charge on any atom is 0.243 e. The van der Waals surface area contributed by atoms with Crippen LogP contribution < -0.4 is 21.7 Å². The minimum Gasteiger partial charge on any atom is -0.391 e. The third-order valence-electron chi connectivity index (χ3n) is 6.28. The Bertz CT molecular complexity index is 680. The summed E-state index contributed by atoms with van der Waals surface area (Å²) < 4.78 is 0. The van der Waals surface area contributed by atoms with Crippen LogP contribution in [0.15, 0.2) is 0 Å². The van der Waals surface area contributed by atoms with Gasteiger partial charge < -0.3 is 26.8 Å². The fourth-order valence-corrected chi connectivity index (χ4v) is 3.96. The number of amides is 4. The molecule has 0 radical (unpaired) electrons. The Hall–Kier alpha value is -2.16. The summed E-state index contributed by atoms with van der Waals surface area (Å²) in [6.07, 6.45) is 0.463. The number of hydrogen-bond donors (Lipinski definition) is 5. The monoisotopic (exact) mass is 484 g/mol. The van der Waals surface area contributed by atoms with Gasteiger partial charge in [0.2, 0.25) is 23.6 Å². The molecule has 0 aromatic carbocycles. The summed E-state index contributed by atoms with van der Waals surface area (Å²) >= 11 is 0. The van der Waals surface area contributed by atoms with Crippen LogP contribution in [0.3, 0.4) is 0 Å². The fourth-order valence-electron chi connectivity index (χ4n) is 3.96. The summed E-state index contributed by atoms with van der Waals surface area (Å²) in [6.45, 7) is 16.5. The molecule has 0 aliphatic rings. The second kappa shape index (κ2) is 15.0. The van der Waals surface area contributed by atoms with Crippen LogP contribution >= 0.6 is 0 Å². The molecule has 0 heterocycles. The van der Waals surface area contributed by atoms with Crippen molar-refractivity contribution in [2.75, 3.05) is 0 Å². The molecule has 0 bridgehead atoms. The number of carbonyl (C=O) groups excluding carboxylic acids is 4. The van der Waals surface area contributed by atoms with E-state index in [0.717, 1.165) is 0 Å². The summed E-state index contributed by atoms with van der Waals surface area (Å²) in [5, 5.41) is 19.2. The number of carbonyl (C=O) groups is 4. The van der Waals surface area contributed by atoms with E-state index in [9.17, 15) is 24.3 Å². The molecule has 0 aromatic heterocycles. The molecule has 0 saturated heterocycles. The lowest BCUT2D eigenvalue weighted by atomic mass is 9.85. The van der Waals surface area contributed by atoms with Gasteiger partial charge in [0, 0.05) is 12.8 Å². The van der Waals surface area contributed by atoms with Crippen LogP contribution in [-0.2, 0) is 19.2 Å². The Morgan fingerprint density at radius 3 is 1.71 bits per heavy atom. The number of hydrogen-bond acceptors (Lipinski definition) is 5. The Labute approximate surface area is 205 Å². The van der Waals surface area contributed by atoms with Gasteiger partial charge in [0.15, 0.2) is 0 Å². The molecule has 0 rings (SSSR count). The van der Waals surface area contributed by atoms with Crippen molar-refractivity contribution in [1.82, 2.24) is 16.0 Å². The zero-order valence-electron chi connectivity index (χ0n) is 22.5. The molecule has 1 unspecified atom stereocenters. The molecule has 34 heavy (non-hydrogen) atoms. The van der Waals surface area contributed by atoms with E-state index in [1.54, 1.807) is 0 Å². The van der Waals surface area contributed by atoms with E-state index < -0.39 is 42.0 Å². The molecule has 6 N–H and O–H groups in total. The van der Waals surface area contributed by atoms with Crippen molar-refractivity contribution < 1.29 is 24.3 Å². The van der Waals surface area contributed by atoms with Crippen molar-refractivity contribution in [1.29, 1.82) is 0 Å². The average Bonchev–Trinajstić information content (AvgIpc) is 2.70. The lowest BCUT2D eigenvalue weighted by Crippen LogP contribution is -2.57. The second-order valence-corrected chi connectivity index (χ2v) is 10.6. The van der Waals surface area contributed by atoms with Gasteiger partial charge in [0.1, 0.15) is 12.1 Å². The number of aliphatic hydroxyl groups excluding tert-OH is 1. The van der Waals surface area contributed by atoms with Gasteiger partial charge in [-0.05, 0) is 36.5 Å². The van der Waals surface area contributed by atoms with E-state index in [-0.39, 0.29) is 41.9 Å². The lowest BCUT2D eigenvalue weighted by Gasteiger charge is -2.31. The zero-order valence-corrected chi connectivity index (χ0v) is 22.5. The summed E-state index contributed by atoms with van der Waals surface area (Å²) in [5.74, 6) is -2.49. The van der Waals surface area contributed by atoms with Gasteiger partial charge in [-0.3, -0.25) is 19.2 Å². The van der Waals surface area contributed by atoms with Gasteiger partial charge in [-0.15, -0.1) is 0 Å². The van der Waals surface area contributed by atoms with Crippen LogP contribution in [0.1, 0.15) is 81.6 Å². The molecule has 6 atom stereocenters. The number of aliphatic hydroxyl groups is 1. The van der Waals surface area contributed by atoms with Crippen molar-refractivity contribution in [3.8, 4) is 0 Å². The highest BCUT2D eigenvalue weighted by Gasteiger charge is 2.34. The Kier molecular flexibility index (Phi) is 14.0. The maximum absolute atomic E-state index is 13.2. The van der Waals surface area contributed by atoms with Gasteiger partial charge in [-0.25, -0.2) is 0 Å². The molecule has 0 saturated carbocycles. The van der Waals surface area contributed by atoms with Crippen molar-refractivity contribution >= 4 is 23.6 Å². The summed E-state index contributed by atoms with van der Waals surface area (Å²) in [5.41, 5.74) is 5.48. The third kappa shape index (κ3) is 10.8. The first kappa shape index (κ1) is 31.8. The Morgan fingerprint density at radius 1 is 0.794 bits per heavy atom. The first-order chi connectivity index (χ1) is 15.6. The normalized spacial score (nSPS) is 17.0. The molecule has 0 aliphatic carbocycles. The molecule has 0 aliphatic heterocycles. The second-order valence-electron chi connectivity index (χ2n) is 10.6.